The zero-order valence-corrected chi connectivity index (χ0v) is 13.9. The Labute approximate surface area is 126 Å². The van der Waals surface area contributed by atoms with Crippen molar-refractivity contribution in [2.45, 2.75) is 71.4 Å². The maximum Gasteiger partial charge on any atom is 0.203 e. The molecular formula is C15H27N3OS. The Hall–Kier alpha value is -0.680. The monoisotopic (exact) mass is 297 g/mol. The number of hydrogen-bond donors (Lipinski definition) is 1. The van der Waals surface area contributed by atoms with E-state index in [4.69, 9.17) is 4.74 Å². The van der Waals surface area contributed by atoms with E-state index < -0.39 is 0 Å². The molecule has 20 heavy (non-hydrogen) atoms. The van der Waals surface area contributed by atoms with Crippen LogP contribution in [0.5, 0.6) is 0 Å². The molecule has 0 aromatic carbocycles. The van der Waals surface area contributed by atoms with E-state index in [1.54, 1.807) is 0 Å². The molecule has 0 spiro atoms. The van der Waals surface area contributed by atoms with E-state index in [1.807, 2.05) is 0 Å². The van der Waals surface area contributed by atoms with Crippen LogP contribution in [-0.2, 0) is 4.74 Å². The van der Waals surface area contributed by atoms with Gasteiger partial charge in [0.2, 0.25) is 5.13 Å². The van der Waals surface area contributed by atoms with Gasteiger partial charge in [0.15, 0.2) is 5.82 Å². The molecule has 1 saturated carbocycles. The summed E-state index contributed by atoms with van der Waals surface area (Å²) in [6.07, 6.45) is 6.54. The molecule has 1 atom stereocenters. The summed E-state index contributed by atoms with van der Waals surface area (Å²) < 4.78 is 10.5. The Balaban J connectivity index is 2.08. The van der Waals surface area contributed by atoms with Gasteiger partial charge in [0.25, 0.3) is 0 Å². The quantitative estimate of drug-likeness (QED) is 0.874. The third-order valence-electron chi connectivity index (χ3n) is 3.60. The summed E-state index contributed by atoms with van der Waals surface area (Å²) in [4.78, 5) is 4.66. The molecule has 0 amide bonds. The van der Waals surface area contributed by atoms with Crippen molar-refractivity contribution in [2.24, 2.45) is 5.92 Å². The molecule has 0 bridgehead atoms. The summed E-state index contributed by atoms with van der Waals surface area (Å²) in [5, 5.41) is 4.29. The summed E-state index contributed by atoms with van der Waals surface area (Å²) in [5.74, 6) is 1.45. The molecule has 1 heterocycles. The third-order valence-corrected chi connectivity index (χ3v) is 4.25. The van der Waals surface area contributed by atoms with Gasteiger partial charge in [-0.1, -0.05) is 19.3 Å². The SMILES string of the molecule is CCOC(c1nsc(NC(C)(C)C)n1)C1CCCCC1. The van der Waals surface area contributed by atoms with E-state index in [0.717, 1.165) is 17.6 Å². The van der Waals surface area contributed by atoms with Crippen molar-refractivity contribution in [3.63, 3.8) is 0 Å². The first-order valence-corrected chi connectivity index (χ1v) is 8.50. The zero-order chi connectivity index (χ0) is 14.6. The summed E-state index contributed by atoms with van der Waals surface area (Å²) in [6.45, 7) is 9.18. The van der Waals surface area contributed by atoms with Gasteiger partial charge in [-0.05, 0) is 46.5 Å². The minimum atomic E-state index is 0.0166. The number of aromatic nitrogens is 2. The van der Waals surface area contributed by atoms with Crippen molar-refractivity contribution in [1.29, 1.82) is 0 Å². The highest BCUT2D eigenvalue weighted by atomic mass is 32.1. The molecule has 114 valence electrons. The van der Waals surface area contributed by atoms with Crippen molar-refractivity contribution >= 4 is 16.7 Å². The minimum absolute atomic E-state index is 0.0166. The summed E-state index contributed by atoms with van der Waals surface area (Å²) >= 11 is 1.44. The average molecular weight is 297 g/mol. The molecular weight excluding hydrogens is 270 g/mol. The standard InChI is InChI=1S/C15H27N3OS/c1-5-19-12(11-9-7-6-8-10-11)13-16-14(20-18-13)17-15(2,3)4/h11-12H,5-10H2,1-4H3,(H,16,17,18). The van der Waals surface area contributed by atoms with Gasteiger partial charge in [-0.2, -0.15) is 4.37 Å². The van der Waals surface area contributed by atoms with E-state index in [9.17, 15) is 0 Å². The van der Waals surface area contributed by atoms with E-state index in [1.165, 1.54) is 43.6 Å². The molecule has 1 aromatic heterocycles. The second-order valence-corrected chi connectivity index (χ2v) is 7.36. The minimum Gasteiger partial charge on any atom is -0.370 e. The van der Waals surface area contributed by atoms with Gasteiger partial charge in [0.1, 0.15) is 6.10 Å². The Morgan fingerprint density at radius 2 is 2.00 bits per heavy atom. The maximum absolute atomic E-state index is 5.96. The lowest BCUT2D eigenvalue weighted by molar-refractivity contribution is 0.000635. The highest BCUT2D eigenvalue weighted by Crippen LogP contribution is 2.36. The molecule has 0 aliphatic heterocycles. The van der Waals surface area contributed by atoms with Crippen LogP contribution in [0.15, 0.2) is 0 Å². The van der Waals surface area contributed by atoms with Gasteiger partial charge in [-0.3, -0.25) is 0 Å². The highest BCUT2D eigenvalue weighted by Gasteiger charge is 2.29. The molecule has 1 aliphatic rings. The predicted molar refractivity (Wildman–Crippen MR) is 84.2 cm³/mol. The lowest BCUT2D eigenvalue weighted by Gasteiger charge is -2.28. The van der Waals surface area contributed by atoms with E-state index in [2.05, 4.69) is 42.4 Å². The lowest BCUT2D eigenvalue weighted by atomic mass is 9.85. The van der Waals surface area contributed by atoms with Crippen LogP contribution in [0.25, 0.3) is 0 Å². The number of ether oxygens (including phenoxy) is 1. The van der Waals surface area contributed by atoms with Crippen LogP contribution in [-0.4, -0.2) is 21.5 Å². The molecule has 1 unspecified atom stereocenters. The van der Waals surface area contributed by atoms with Crippen LogP contribution in [0.1, 0.15) is 71.7 Å². The van der Waals surface area contributed by atoms with Gasteiger partial charge in [0.05, 0.1) is 0 Å². The maximum atomic E-state index is 5.96. The molecule has 5 heteroatoms. The van der Waals surface area contributed by atoms with Crippen LogP contribution in [0.3, 0.4) is 0 Å². The van der Waals surface area contributed by atoms with Crippen molar-refractivity contribution in [3.05, 3.63) is 5.82 Å². The summed E-state index contributed by atoms with van der Waals surface area (Å²) in [6, 6.07) is 0. The molecule has 4 nitrogen and oxygen atoms in total. The molecule has 1 N–H and O–H groups in total. The molecule has 1 aromatic rings. The molecule has 0 radical (unpaired) electrons. The topological polar surface area (TPSA) is 47.0 Å². The first-order valence-electron chi connectivity index (χ1n) is 7.73. The summed E-state index contributed by atoms with van der Waals surface area (Å²) in [7, 11) is 0. The van der Waals surface area contributed by atoms with Gasteiger partial charge >= 0.3 is 0 Å². The fraction of sp³-hybridized carbons (Fsp3) is 0.867. The predicted octanol–water partition coefficient (Wildman–Crippen LogP) is 4.41. The van der Waals surface area contributed by atoms with E-state index in [0.29, 0.717) is 5.92 Å². The Morgan fingerprint density at radius 1 is 1.30 bits per heavy atom. The van der Waals surface area contributed by atoms with Crippen LogP contribution in [0.4, 0.5) is 5.13 Å². The van der Waals surface area contributed by atoms with Gasteiger partial charge in [-0.15, -0.1) is 0 Å². The summed E-state index contributed by atoms with van der Waals surface area (Å²) in [5.41, 5.74) is 0.0166. The third kappa shape index (κ3) is 4.42. The average Bonchev–Trinajstić information content (AvgIpc) is 2.83. The van der Waals surface area contributed by atoms with Crippen LogP contribution in [0, 0.1) is 5.92 Å². The Kier molecular flexibility index (Phi) is 5.38. The van der Waals surface area contributed by atoms with Crippen LogP contribution < -0.4 is 5.32 Å². The highest BCUT2D eigenvalue weighted by molar-refractivity contribution is 7.09. The first kappa shape index (κ1) is 15.7. The van der Waals surface area contributed by atoms with Gasteiger partial charge < -0.3 is 10.1 Å². The smallest absolute Gasteiger partial charge is 0.203 e. The number of anilines is 1. The largest absolute Gasteiger partial charge is 0.370 e. The number of nitrogens with zero attached hydrogens (tertiary/aromatic N) is 2. The number of rotatable bonds is 5. The van der Waals surface area contributed by atoms with Crippen molar-refractivity contribution in [3.8, 4) is 0 Å². The molecule has 1 fully saturated rings. The van der Waals surface area contributed by atoms with Gasteiger partial charge in [0, 0.05) is 23.7 Å². The van der Waals surface area contributed by atoms with Crippen LogP contribution >= 0.6 is 11.5 Å². The fourth-order valence-electron chi connectivity index (χ4n) is 2.76. The molecule has 1 aliphatic carbocycles. The number of hydrogen-bond acceptors (Lipinski definition) is 5. The first-order chi connectivity index (χ1) is 9.49. The zero-order valence-electron chi connectivity index (χ0n) is 13.1. The molecule has 0 saturated heterocycles. The van der Waals surface area contributed by atoms with E-state index >= 15 is 0 Å². The second kappa shape index (κ2) is 6.85. The van der Waals surface area contributed by atoms with Crippen LogP contribution in [0.2, 0.25) is 0 Å². The Morgan fingerprint density at radius 3 is 2.60 bits per heavy atom. The van der Waals surface area contributed by atoms with Crippen molar-refractivity contribution in [1.82, 2.24) is 9.36 Å². The molecule has 2 rings (SSSR count). The normalized spacial score (nSPS) is 19.0. The van der Waals surface area contributed by atoms with Gasteiger partial charge in [-0.25, -0.2) is 4.98 Å². The second-order valence-electron chi connectivity index (χ2n) is 6.61. The van der Waals surface area contributed by atoms with Crippen molar-refractivity contribution in [2.75, 3.05) is 11.9 Å². The fourth-order valence-corrected chi connectivity index (χ4v) is 3.57. The number of nitrogens with one attached hydrogen (secondary N) is 1. The van der Waals surface area contributed by atoms with Crippen molar-refractivity contribution < 1.29 is 4.74 Å². The lowest BCUT2D eigenvalue weighted by Crippen LogP contribution is -2.26. The Bertz CT molecular complexity index is 407. The van der Waals surface area contributed by atoms with E-state index in [-0.39, 0.29) is 11.6 Å².